The lowest BCUT2D eigenvalue weighted by molar-refractivity contribution is -0.236. The van der Waals surface area contributed by atoms with E-state index in [0.29, 0.717) is 13.1 Å². The number of nitrogens with zero attached hydrogens (tertiary/aromatic N) is 3. The van der Waals surface area contributed by atoms with Gasteiger partial charge in [0.15, 0.2) is 12.0 Å². The first-order valence-electron chi connectivity index (χ1n) is 10.7. The first kappa shape index (κ1) is 20.7. The van der Waals surface area contributed by atoms with E-state index in [2.05, 4.69) is 32.4 Å². The number of ether oxygens (including phenoxy) is 1. The van der Waals surface area contributed by atoms with Gasteiger partial charge in [-0.3, -0.25) is 4.90 Å². The van der Waals surface area contributed by atoms with Crippen molar-refractivity contribution >= 4 is 39.1 Å². The maximum Gasteiger partial charge on any atom is 0.216 e. The van der Waals surface area contributed by atoms with E-state index in [9.17, 15) is 5.11 Å². The van der Waals surface area contributed by atoms with Crippen molar-refractivity contribution in [1.29, 1.82) is 0 Å². The SMILES string of the molecule is CC(C)(C)OC(O)N1CC=C(c2cc3c(Nc4ccc5ncoc5c4)ccnc3[nH]2)CC1. The Morgan fingerprint density at radius 1 is 1.22 bits per heavy atom. The summed E-state index contributed by atoms with van der Waals surface area (Å²) in [5.41, 5.74) is 6.13. The topological polar surface area (TPSA) is 99.4 Å². The number of benzene rings is 1. The van der Waals surface area contributed by atoms with Gasteiger partial charge < -0.3 is 24.6 Å². The second-order valence-corrected chi connectivity index (χ2v) is 8.99. The summed E-state index contributed by atoms with van der Waals surface area (Å²) in [6, 6.07) is 9.93. The number of oxazole rings is 1. The highest BCUT2D eigenvalue weighted by Crippen LogP contribution is 2.31. The van der Waals surface area contributed by atoms with Gasteiger partial charge in [0, 0.05) is 42.1 Å². The zero-order valence-corrected chi connectivity index (χ0v) is 18.4. The molecular weight excluding hydrogens is 406 g/mol. The van der Waals surface area contributed by atoms with Crippen molar-refractivity contribution < 1.29 is 14.3 Å². The minimum Gasteiger partial charge on any atom is -0.443 e. The van der Waals surface area contributed by atoms with Gasteiger partial charge in [0.25, 0.3) is 0 Å². The Kier molecular flexibility index (Phi) is 5.21. The second kappa shape index (κ2) is 8.05. The number of aliphatic hydroxyl groups is 1. The van der Waals surface area contributed by atoms with E-state index in [0.717, 1.165) is 45.6 Å². The Morgan fingerprint density at radius 3 is 2.88 bits per heavy atom. The van der Waals surface area contributed by atoms with Gasteiger partial charge in [0.1, 0.15) is 11.2 Å². The lowest BCUT2D eigenvalue weighted by atomic mass is 10.0. The third-order valence-electron chi connectivity index (χ3n) is 5.50. The van der Waals surface area contributed by atoms with Crippen LogP contribution in [0.2, 0.25) is 0 Å². The molecule has 0 aliphatic carbocycles. The Balaban J connectivity index is 1.36. The molecule has 3 aromatic heterocycles. The normalized spacial score (nSPS) is 16.4. The van der Waals surface area contributed by atoms with E-state index < -0.39 is 12.0 Å². The van der Waals surface area contributed by atoms with Gasteiger partial charge in [-0.25, -0.2) is 9.97 Å². The molecule has 0 bridgehead atoms. The number of fused-ring (bicyclic) bond motifs is 2. The number of rotatable bonds is 5. The van der Waals surface area contributed by atoms with Crippen molar-refractivity contribution in [3.8, 4) is 0 Å². The molecule has 166 valence electrons. The van der Waals surface area contributed by atoms with Crippen LogP contribution in [0.4, 0.5) is 11.4 Å². The van der Waals surface area contributed by atoms with Crippen LogP contribution in [0, 0.1) is 0 Å². The third kappa shape index (κ3) is 4.25. The Bertz CT molecular complexity index is 1280. The zero-order chi connectivity index (χ0) is 22.3. The summed E-state index contributed by atoms with van der Waals surface area (Å²) in [7, 11) is 0. The van der Waals surface area contributed by atoms with Crippen molar-refractivity contribution in [2.24, 2.45) is 0 Å². The van der Waals surface area contributed by atoms with Crippen LogP contribution in [-0.4, -0.2) is 50.1 Å². The molecule has 3 N–H and O–H groups in total. The van der Waals surface area contributed by atoms with Crippen LogP contribution in [0.1, 0.15) is 32.9 Å². The molecule has 0 saturated heterocycles. The van der Waals surface area contributed by atoms with Crippen molar-refractivity contribution in [3.05, 3.63) is 54.7 Å². The lowest BCUT2D eigenvalue weighted by Gasteiger charge is -2.34. The summed E-state index contributed by atoms with van der Waals surface area (Å²) in [4.78, 5) is 14.0. The van der Waals surface area contributed by atoms with E-state index in [-0.39, 0.29) is 0 Å². The van der Waals surface area contributed by atoms with Gasteiger partial charge in [0.05, 0.1) is 11.3 Å². The maximum absolute atomic E-state index is 10.3. The molecular formula is C24H27N5O3. The largest absolute Gasteiger partial charge is 0.443 e. The average Bonchev–Trinajstić information content (AvgIpc) is 3.40. The van der Waals surface area contributed by atoms with Crippen LogP contribution in [-0.2, 0) is 4.74 Å². The van der Waals surface area contributed by atoms with Crippen LogP contribution < -0.4 is 5.32 Å². The first-order chi connectivity index (χ1) is 15.4. The van der Waals surface area contributed by atoms with Crippen LogP contribution in [0.5, 0.6) is 0 Å². The fourth-order valence-corrected chi connectivity index (χ4v) is 3.92. The van der Waals surface area contributed by atoms with E-state index in [1.165, 1.54) is 12.0 Å². The number of aromatic nitrogens is 3. The second-order valence-electron chi connectivity index (χ2n) is 8.99. The summed E-state index contributed by atoms with van der Waals surface area (Å²) in [6.45, 7) is 7.15. The summed E-state index contributed by atoms with van der Waals surface area (Å²) >= 11 is 0. The van der Waals surface area contributed by atoms with Gasteiger partial charge in [0.2, 0.25) is 6.41 Å². The van der Waals surface area contributed by atoms with Crippen molar-refractivity contribution in [3.63, 3.8) is 0 Å². The summed E-state index contributed by atoms with van der Waals surface area (Å²) in [6.07, 6.45) is 5.27. The van der Waals surface area contributed by atoms with Gasteiger partial charge in [-0.05, 0) is 57.0 Å². The van der Waals surface area contributed by atoms with Gasteiger partial charge in [-0.2, -0.15) is 0 Å². The monoisotopic (exact) mass is 433 g/mol. The van der Waals surface area contributed by atoms with Crippen molar-refractivity contribution in [2.75, 3.05) is 18.4 Å². The van der Waals surface area contributed by atoms with Crippen molar-refractivity contribution in [1.82, 2.24) is 19.9 Å². The number of hydrogen-bond acceptors (Lipinski definition) is 7. The number of anilines is 2. The highest BCUT2D eigenvalue weighted by Gasteiger charge is 2.25. The predicted octanol–water partition coefficient (Wildman–Crippen LogP) is 4.63. The number of pyridine rings is 1. The minimum absolute atomic E-state index is 0.395. The number of aliphatic hydroxyl groups excluding tert-OH is 1. The van der Waals surface area contributed by atoms with E-state index in [1.807, 2.05) is 49.9 Å². The average molecular weight is 434 g/mol. The quantitative estimate of drug-likeness (QED) is 0.395. The molecule has 1 aliphatic rings. The zero-order valence-electron chi connectivity index (χ0n) is 18.4. The van der Waals surface area contributed by atoms with Crippen LogP contribution in [0.15, 0.2) is 53.4 Å². The molecule has 32 heavy (non-hydrogen) atoms. The van der Waals surface area contributed by atoms with Crippen LogP contribution in [0.25, 0.3) is 27.7 Å². The fraction of sp³-hybridized carbons (Fsp3) is 0.333. The Morgan fingerprint density at radius 2 is 2.09 bits per heavy atom. The minimum atomic E-state index is -0.908. The smallest absolute Gasteiger partial charge is 0.216 e. The molecule has 8 nitrogen and oxygen atoms in total. The Labute approximate surface area is 185 Å². The predicted molar refractivity (Wildman–Crippen MR) is 124 cm³/mol. The Hall–Kier alpha value is -3.20. The third-order valence-corrected chi connectivity index (χ3v) is 5.50. The van der Waals surface area contributed by atoms with Gasteiger partial charge >= 0.3 is 0 Å². The highest BCUT2D eigenvalue weighted by atomic mass is 16.6. The lowest BCUT2D eigenvalue weighted by Crippen LogP contribution is -2.43. The van der Waals surface area contributed by atoms with Crippen molar-refractivity contribution in [2.45, 2.75) is 39.2 Å². The molecule has 4 aromatic rings. The molecule has 1 atom stereocenters. The first-order valence-corrected chi connectivity index (χ1v) is 10.7. The molecule has 1 aliphatic heterocycles. The van der Waals surface area contributed by atoms with E-state index in [4.69, 9.17) is 9.15 Å². The molecule has 4 heterocycles. The van der Waals surface area contributed by atoms with Gasteiger partial charge in [-0.1, -0.05) is 6.08 Å². The molecule has 8 heteroatoms. The summed E-state index contributed by atoms with van der Waals surface area (Å²) < 4.78 is 11.1. The fourth-order valence-electron chi connectivity index (χ4n) is 3.92. The number of hydrogen-bond donors (Lipinski definition) is 3. The van der Waals surface area contributed by atoms with Gasteiger partial charge in [-0.15, -0.1) is 0 Å². The number of nitrogens with one attached hydrogen (secondary N) is 2. The molecule has 0 radical (unpaired) electrons. The summed E-state index contributed by atoms with van der Waals surface area (Å²) in [5, 5.41) is 14.8. The van der Waals surface area contributed by atoms with Crippen LogP contribution in [0.3, 0.4) is 0 Å². The molecule has 1 unspecified atom stereocenters. The van der Waals surface area contributed by atoms with E-state index >= 15 is 0 Å². The standard InChI is InChI=1S/C24H27N5O3/c1-24(2,3)32-23(30)29-10-7-15(8-11-29)20-13-17-18(6-9-25-22(17)28-20)27-16-4-5-19-21(12-16)31-14-26-19/h4-7,9,12-14,23,30H,8,10-11H2,1-3H3,(H2,25,27,28). The number of aromatic amines is 1. The van der Waals surface area contributed by atoms with Crippen LogP contribution >= 0.6 is 0 Å². The van der Waals surface area contributed by atoms with E-state index in [1.54, 1.807) is 6.20 Å². The molecule has 0 spiro atoms. The molecule has 0 fully saturated rings. The molecule has 0 saturated carbocycles. The maximum atomic E-state index is 10.3. The summed E-state index contributed by atoms with van der Waals surface area (Å²) in [5.74, 6) is 0. The molecule has 0 amide bonds. The highest BCUT2D eigenvalue weighted by molar-refractivity contribution is 5.94. The molecule has 1 aromatic carbocycles. The number of H-pyrrole nitrogens is 1. The molecule has 5 rings (SSSR count).